The number of hydrogen-bond donors (Lipinski definition) is 0. The zero-order chi connectivity index (χ0) is 16.5. The Balaban J connectivity index is 2.99. The molecule has 22 heavy (non-hydrogen) atoms. The van der Waals surface area contributed by atoms with Gasteiger partial charge in [-0.2, -0.15) is 0 Å². The summed E-state index contributed by atoms with van der Waals surface area (Å²) in [5.41, 5.74) is 1.34. The SMILES string of the molecule is CCCCN(C)C(=O)c1cc(C)nc(N(CCC)CCC)n1. The Kier molecular flexibility index (Phi) is 7.85. The van der Waals surface area contributed by atoms with Crippen molar-refractivity contribution in [3.63, 3.8) is 0 Å². The first-order chi connectivity index (χ1) is 10.5. The van der Waals surface area contributed by atoms with Crippen LogP contribution in [0.1, 0.15) is 62.6 Å². The summed E-state index contributed by atoms with van der Waals surface area (Å²) in [6.07, 6.45) is 4.16. The second-order valence-electron chi connectivity index (χ2n) is 5.76. The van der Waals surface area contributed by atoms with Crippen molar-refractivity contribution in [2.75, 3.05) is 31.6 Å². The van der Waals surface area contributed by atoms with Crippen molar-refractivity contribution in [3.8, 4) is 0 Å². The summed E-state index contributed by atoms with van der Waals surface area (Å²) in [5.74, 6) is 0.657. The number of carbonyl (C=O) groups is 1. The maximum atomic E-state index is 12.5. The van der Waals surface area contributed by atoms with Crippen molar-refractivity contribution in [2.24, 2.45) is 0 Å². The molecule has 124 valence electrons. The van der Waals surface area contributed by atoms with E-state index in [1.807, 2.05) is 14.0 Å². The Morgan fingerprint density at radius 3 is 2.23 bits per heavy atom. The van der Waals surface area contributed by atoms with Crippen LogP contribution in [-0.2, 0) is 0 Å². The molecule has 5 heteroatoms. The van der Waals surface area contributed by atoms with Gasteiger partial charge in [0.25, 0.3) is 5.91 Å². The van der Waals surface area contributed by atoms with E-state index in [1.54, 1.807) is 11.0 Å². The first kappa shape index (κ1) is 18.4. The fourth-order valence-corrected chi connectivity index (χ4v) is 2.35. The van der Waals surface area contributed by atoms with E-state index >= 15 is 0 Å². The Morgan fingerprint density at radius 1 is 1.05 bits per heavy atom. The molecule has 0 aliphatic heterocycles. The van der Waals surface area contributed by atoms with Gasteiger partial charge in [0.1, 0.15) is 5.69 Å². The van der Waals surface area contributed by atoms with Gasteiger partial charge in [-0.3, -0.25) is 4.79 Å². The average molecular weight is 306 g/mol. The molecule has 0 aliphatic rings. The molecule has 0 spiro atoms. The normalized spacial score (nSPS) is 10.6. The van der Waals surface area contributed by atoms with Gasteiger partial charge in [0.2, 0.25) is 5.95 Å². The molecule has 0 aliphatic carbocycles. The van der Waals surface area contributed by atoms with Crippen LogP contribution in [0.4, 0.5) is 5.95 Å². The number of carbonyl (C=O) groups excluding carboxylic acids is 1. The number of anilines is 1. The summed E-state index contributed by atoms with van der Waals surface area (Å²) in [4.78, 5) is 25.5. The highest BCUT2D eigenvalue weighted by Gasteiger charge is 2.17. The maximum Gasteiger partial charge on any atom is 0.272 e. The summed E-state index contributed by atoms with van der Waals surface area (Å²) in [5, 5.41) is 0. The number of amides is 1. The van der Waals surface area contributed by atoms with Crippen LogP contribution in [0.3, 0.4) is 0 Å². The van der Waals surface area contributed by atoms with E-state index in [9.17, 15) is 4.79 Å². The van der Waals surface area contributed by atoms with Crippen LogP contribution in [0.25, 0.3) is 0 Å². The largest absolute Gasteiger partial charge is 0.341 e. The number of aromatic nitrogens is 2. The topological polar surface area (TPSA) is 49.3 Å². The molecule has 5 nitrogen and oxygen atoms in total. The number of unbranched alkanes of at least 4 members (excludes halogenated alkanes) is 1. The number of aryl methyl sites for hydroxylation is 1. The van der Waals surface area contributed by atoms with Crippen LogP contribution >= 0.6 is 0 Å². The summed E-state index contributed by atoms with van der Waals surface area (Å²) in [7, 11) is 1.84. The summed E-state index contributed by atoms with van der Waals surface area (Å²) in [6, 6.07) is 1.78. The first-order valence-electron chi connectivity index (χ1n) is 8.39. The molecular weight excluding hydrogens is 276 g/mol. The molecule has 0 bridgehead atoms. The Morgan fingerprint density at radius 2 is 1.68 bits per heavy atom. The lowest BCUT2D eigenvalue weighted by molar-refractivity contribution is 0.0787. The van der Waals surface area contributed by atoms with E-state index in [0.717, 1.165) is 51.0 Å². The van der Waals surface area contributed by atoms with E-state index in [4.69, 9.17) is 0 Å². The zero-order valence-corrected chi connectivity index (χ0v) is 14.7. The van der Waals surface area contributed by atoms with Crippen LogP contribution in [0.15, 0.2) is 6.07 Å². The van der Waals surface area contributed by atoms with Crippen molar-refractivity contribution < 1.29 is 4.79 Å². The van der Waals surface area contributed by atoms with Gasteiger partial charge in [-0.05, 0) is 32.3 Å². The van der Waals surface area contributed by atoms with Crippen molar-refractivity contribution in [1.29, 1.82) is 0 Å². The highest BCUT2D eigenvalue weighted by molar-refractivity contribution is 5.92. The minimum atomic E-state index is -0.0202. The van der Waals surface area contributed by atoms with Gasteiger partial charge in [0, 0.05) is 32.4 Å². The van der Waals surface area contributed by atoms with Gasteiger partial charge < -0.3 is 9.80 Å². The first-order valence-corrected chi connectivity index (χ1v) is 8.39. The van der Waals surface area contributed by atoms with Crippen molar-refractivity contribution in [3.05, 3.63) is 17.5 Å². The van der Waals surface area contributed by atoms with E-state index in [0.29, 0.717) is 11.6 Å². The molecule has 1 aromatic rings. The van der Waals surface area contributed by atoms with Gasteiger partial charge in [0.15, 0.2) is 0 Å². The minimum absolute atomic E-state index is 0.0202. The molecule has 0 atom stereocenters. The smallest absolute Gasteiger partial charge is 0.272 e. The van der Waals surface area contributed by atoms with Gasteiger partial charge in [-0.1, -0.05) is 27.2 Å². The molecular formula is C17H30N4O. The molecule has 0 unspecified atom stereocenters. The van der Waals surface area contributed by atoms with Crippen molar-refractivity contribution >= 4 is 11.9 Å². The predicted octanol–water partition coefficient (Wildman–Crippen LogP) is 3.28. The molecule has 1 aromatic heterocycles. The standard InChI is InChI=1S/C17H30N4O/c1-6-9-12-20(5)16(22)15-13-14(4)18-17(19-15)21(10-7-2)11-8-3/h13H,6-12H2,1-5H3. The monoisotopic (exact) mass is 306 g/mol. The second kappa shape index (κ2) is 9.38. The van der Waals surface area contributed by atoms with Crippen LogP contribution in [0.5, 0.6) is 0 Å². The van der Waals surface area contributed by atoms with Gasteiger partial charge in [0.05, 0.1) is 0 Å². The Hall–Kier alpha value is -1.65. The molecule has 0 N–H and O–H groups in total. The lowest BCUT2D eigenvalue weighted by Crippen LogP contribution is -2.31. The van der Waals surface area contributed by atoms with Crippen LogP contribution in [0.2, 0.25) is 0 Å². The van der Waals surface area contributed by atoms with Crippen LogP contribution in [0, 0.1) is 6.92 Å². The molecule has 0 saturated heterocycles. The fraction of sp³-hybridized carbons (Fsp3) is 0.706. The van der Waals surface area contributed by atoms with E-state index in [1.165, 1.54) is 0 Å². The lowest BCUT2D eigenvalue weighted by atomic mass is 10.2. The summed E-state index contributed by atoms with van der Waals surface area (Å²) in [6.45, 7) is 10.9. The third-order valence-electron chi connectivity index (χ3n) is 3.53. The van der Waals surface area contributed by atoms with Gasteiger partial charge >= 0.3 is 0 Å². The predicted molar refractivity (Wildman–Crippen MR) is 91.4 cm³/mol. The van der Waals surface area contributed by atoms with Crippen molar-refractivity contribution in [2.45, 2.75) is 53.4 Å². The fourth-order valence-electron chi connectivity index (χ4n) is 2.35. The summed E-state index contributed by atoms with van der Waals surface area (Å²) < 4.78 is 0. The van der Waals surface area contributed by atoms with E-state index < -0.39 is 0 Å². The third-order valence-corrected chi connectivity index (χ3v) is 3.53. The zero-order valence-electron chi connectivity index (χ0n) is 14.7. The highest BCUT2D eigenvalue weighted by atomic mass is 16.2. The number of nitrogens with zero attached hydrogens (tertiary/aromatic N) is 4. The molecule has 1 heterocycles. The average Bonchev–Trinajstić information content (AvgIpc) is 2.51. The van der Waals surface area contributed by atoms with Gasteiger partial charge in [-0.25, -0.2) is 9.97 Å². The molecule has 0 radical (unpaired) electrons. The molecule has 0 fully saturated rings. The molecule has 1 amide bonds. The van der Waals surface area contributed by atoms with E-state index in [2.05, 4.69) is 35.6 Å². The van der Waals surface area contributed by atoms with E-state index in [-0.39, 0.29) is 5.91 Å². The number of rotatable bonds is 9. The quantitative estimate of drug-likeness (QED) is 0.702. The van der Waals surface area contributed by atoms with Crippen LogP contribution < -0.4 is 4.90 Å². The highest BCUT2D eigenvalue weighted by Crippen LogP contribution is 2.13. The van der Waals surface area contributed by atoms with Crippen molar-refractivity contribution in [1.82, 2.24) is 14.9 Å². The molecule has 1 rings (SSSR count). The Bertz CT molecular complexity index is 470. The molecule has 0 aromatic carbocycles. The Labute approximate surface area is 134 Å². The molecule has 0 saturated carbocycles. The minimum Gasteiger partial charge on any atom is -0.341 e. The lowest BCUT2D eigenvalue weighted by Gasteiger charge is -2.23. The van der Waals surface area contributed by atoms with Crippen LogP contribution in [-0.4, -0.2) is 47.5 Å². The second-order valence-corrected chi connectivity index (χ2v) is 5.76. The van der Waals surface area contributed by atoms with Gasteiger partial charge in [-0.15, -0.1) is 0 Å². The number of hydrogen-bond acceptors (Lipinski definition) is 4. The maximum absolute atomic E-state index is 12.5. The summed E-state index contributed by atoms with van der Waals surface area (Å²) >= 11 is 0. The third kappa shape index (κ3) is 5.28.